The Balaban J connectivity index is 2.62. The van der Waals surface area contributed by atoms with E-state index in [4.69, 9.17) is 4.42 Å². The van der Waals surface area contributed by atoms with Crippen molar-refractivity contribution in [3.63, 3.8) is 0 Å². The van der Waals surface area contributed by atoms with Crippen LogP contribution in [0.15, 0.2) is 34.7 Å². The second-order valence-corrected chi connectivity index (χ2v) is 6.22. The van der Waals surface area contributed by atoms with Gasteiger partial charge in [0.05, 0.1) is 5.38 Å². The van der Waals surface area contributed by atoms with Crippen molar-refractivity contribution in [2.24, 2.45) is 0 Å². The molecule has 0 aliphatic carbocycles. The number of hydrogen-bond acceptors (Lipinski definition) is 1. The lowest BCUT2D eigenvalue weighted by atomic mass is 10.3. The van der Waals surface area contributed by atoms with Crippen LogP contribution in [0.5, 0.6) is 0 Å². The lowest BCUT2D eigenvalue weighted by molar-refractivity contribution is 0.650. The van der Waals surface area contributed by atoms with Crippen molar-refractivity contribution in [2.75, 3.05) is 0 Å². The van der Waals surface area contributed by atoms with Gasteiger partial charge >= 0.3 is 0 Å². The Labute approximate surface area is 73.6 Å². The molecule has 0 spiro atoms. The molecular formula is C10H12OSi. The summed E-state index contributed by atoms with van der Waals surface area (Å²) in [6.45, 7) is 4.55. The molecule has 0 saturated heterocycles. The largest absolute Gasteiger partial charge is 0.467 e. The number of benzene rings is 1. The summed E-state index contributed by atoms with van der Waals surface area (Å²) in [4.78, 5) is 0. The molecule has 2 aromatic rings. The fourth-order valence-electron chi connectivity index (χ4n) is 1.29. The molecule has 0 bridgehead atoms. The summed E-state index contributed by atoms with van der Waals surface area (Å²) >= 11 is 0. The van der Waals surface area contributed by atoms with E-state index in [1.807, 2.05) is 18.2 Å². The van der Waals surface area contributed by atoms with Gasteiger partial charge in [0, 0.05) is 5.39 Å². The first-order chi connectivity index (χ1) is 5.77. The number of rotatable bonds is 1. The van der Waals surface area contributed by atoms with Gasteiger partial charge in [0.2, 0.25) is 0 Å². The highest BCUT2D eigenvalue weighted by Crippen LogP contribution is 2.12. The average molecular weight is 176 g/mol. The van der Waals surface area contributed by atoms with E-state index < -0.39 is 8.80 Å². The molecule has 1 aromatic carbocycles. The third-order valence-electron chi connectivity index (χ3n) is 2.01. The maximum absolute atomic E-state index is 5.69. The van der Waals surface area contributed by atoms with Crippen LogP contribution >= 0.6 is 0 Å². The lowest BCUT2D eigenvalue weighted by Crippen LogP contribution is -2.19. The highest BCUT2D eigenvalue weighted by atomic mass is 28.3. The van der Waals surface area contributed by atoms with Gasteiger partial charge in [0.25, 0.3) is 0 Å². The minimum atomic E-state index is -0.771. The van der Waals surface area contributed by atoms with E-state index in [2.05, 4.69) is 25.2 Å². The van der Waals surface area contributed by atoms with Crippen LogP contribution in [0, 0.1) is 0 Å². The monoisotopic (exact) mass is 176 g/mol. The molecule has 1 nitrogen and oxygen atoms in total. The molecule has 1 heterocycles. The maximum atomic E-state index is 5.69. The average Bonchev–Trinajstić information content (AvgIpc) is 2.46. The minimum absolute atomic E-state index is 0.771. The lowest BCUT2D eigenvalue weighted by Gasteiger charge is -1.93. The Kier molecular flexibility index (Phi) is 1.77. The molecule has 0 unspecified atom stereocenters. The van der Waals surface area contributed by atoms with Crippen LogP contribution in [0.2, 0.25) is 13.1 Å². The first-order valence-electron chi connectivity index (χ1n) is 4.26. The minimum Gasteiger partial charge on any atom is -0.467 e. The van der Waals surface area contributed by atoms with E-state index in [0.29, 0.717) is 0 Å². The molecule has 0 N–H and O–H groups in total. The molecule has 0 aliphatic rings. The summed E-state index contributed by atoms with van der Waals surface area (Å²) in [6, 6.07) is 10.3. The molecular weight excluding hydrogens is 164 g/mol. The van der Waals surface area contributed by atoms with E-state index in [-0.39, 0.29) is 0 Å². The second-order valence-electron chi connectivity index (χ2n) is 3.34. The van der Waals surface area contributed by atoms with Gasteiger partial charge in [0.1, 0.15) is 14.4 Å². The smallest absolute Gasteiger partial charge is 0.133 e. The van der Waals surface area contributed by atoms with E-state index in [9.17, 15) is 0 Å². The van der Waals surface area contributed by atoms with Crippen LogP contribution in [-0.4, -0.2) is 8.80 Å². The maximum Gasteiger partial charge on any atom is 0.133 e. The Hall–Kier alpha value is -1.02. The van der Waals surface area contributed by atoms with Crippen molar-refractivity contribution < 1.29 is 4.42 Å². The summed E-state index contributed by atoms with van der Waals surface area (Å²) in [5, 5.41) is 2.44. The highest BCUT2D eigenvalue weighted by Gasteiger charge is 2.06. The molecule has 12 heavy (non-hydrogen) atoms. The molecule has 0 radical (unpaired) electrons. The Morgan fingerprint density at radius 1 is 1.17 bits per heavy atom. The third-order valence-corrected chi connectivity index (χ3v) is 3.44. The van der Waals surface area contributed by atoms with Gasteiger partial charge in [-0.2, -0.15) is 0 Å². The zero-order chi connectivity index (χ0) is 8.55. The summed E-state index contributed by atoms with van der Waals surface area (Å²) in [5.41, 5.74) is 1.02. The van der Waals surface area contributed by atoms with Crippen LogP contribution in [0.25, 0.3) is 11.0 Å². The number of hydrogen-bond donors (Lipinski definition) is 0. The molecule has 0 fully saturated rings. The second kappa shape index (κ2) is 2.79. The molecule has 0 aliphatic heterocycles. The van der Waals surface area contributed by atoms with Crippen LogP contribution in [0.3, 0.4) is 0 Å². The Morgan fingerprint density at radius 3 is 2.58 bits per heavy atom. The first-order valence-corrected chi connectivity index (χ1v) is 7.14. The topological polar surface area (TPSA) is 13.1 Å². The van der Waals surface area contributed by atoms with Crippen LogP contribution < -0.4 is 5.38 Å². The number of fused-ring (bicyclic) bond motifs is 1. The summed E-state index contributed by atoms with van der Waals surface area (Å²) in [6.07, 6.45) is 0. The van der Waals surface area contributed by atoms with E-state index in [1.54, 1.807) is 0 Å². The predicted molar refractivity (Wildman–Crippen MR) is 54.7 cm³/mol. The Bertz CT molecular complexity index is 356. The molecule has 0 amide bonds. The van der Waals surface area contributed by atoms with Gasteiger partial charge < -0.3 is 4.42 Å². The van der Waals surface area contributed by atoms with Gasteiger partial charge in [-0.1, -0.05) is 31.3 Å². The Morgan fingerprint density at radius 2 is 1.92 bits per heavy atom. The van der Waals surface area contributed by atoms with E-state index >= 15 is 0 Å². The summed E-state index contributed by atoms with van der Waals surface area (Å²) in [7, 11) is -0.771. The molecule has 0 atom stereocenters. The van der Waals surface area contributed by atoms with Crippen molar-refractivity contribution in [1.29, 1.82) is 0 Å². The normalized spacial score (nSPS) is 11.2. The fourth-order valence-corrected chi connectivity index (χ4v) is 2.16. The predicted octanol–water partition coefficient (Wildman–Crippen LogP) is 2.13. The zero-order valence-electron chi connectivity index (χ0n) is 7.37. The standard InChI is InChI=1S/C10H12OSi/c1-12(2)10-7-8-5-3-4-6-9(8)11-10/h3-7,12H,1-2H3. The van der Waals surface area contributed by atoms with Crippen molar-refractivity contribution in [3.05, 3.63) is 30.3 Å². The quantitative estimate of drug-likeness (QED) is 0.607. The van der Waals surface area contributed by atoms with Gasteiger partial charge in [-0.15, -0.1) is 0 Å². The van der Waals surface area contributed by atoms with E-state index in [1.165, 1.54) is 10.8 Å². The van der Waals surface area contributed by atoms with Crippen molar-refractivity contribution >= 4 is 25.1 Å². The molecule has 2 rings (SSSR count). The van der Waals surface area contributed by atoms with E-state index in [0.717, 1.165) is 5.58 Å². The number of furan rings is 1. The molecule has 1 aromatic heterocycles. The molecule has 62 valence electrons. The summed E-state index contributed by atoms with van der Waals surface area (Å²) in [5.74, 6) is 0. The highest BCUT2D eigenvalue weighted by molar-refractivity contribution is 6.69. The van der Waals surface area contributed by atoms with Crippen LogP contribution in [0.4, 0.5) is 0 Å². The van der Waals surface area contributed by atoms with Crippen molar-refractivity contribution in [1.82, 2.24) is 0 Å². The first kappa shape index (κ1) is 7.62. The molecule has 2 heteroatoms. The fraction of sp³-hybridized carbons (Fsp3) is 0.200. The SMILES string of the molecule is C[SiH](C)c1cc2ccccc2o1. The van der Waals surface area contributed by atoms with Crippen LogP contribution in [-0.2, 0) is 0 Å². The van der Waals surface area contributed by atoms with Crippen molar-refractivity contribution in [3.8, 4) is 0 Å². The molecule has 0 saturated carbocycles. The van der Waals surface area contributed by atoms with Gasteiger partial charge in [0.15, 0.2) is 0 Å². The van der Waals surface area contributed by atoms with Crippen LogP contribution in [0.1, 0.15) is 0 Å². The van der Waals surface area contributed by atoms with Crippen molar-refractivity contribution in [2.45, 2.75) is 13.1 Å². The zero-order valence-corrected chi connectivity index (χ0v) is 8.53. The third kappa shape index (κ3) is 1.18. The number of para-hydroxylation sites is 1. The van der Waals surface area contributed by atoms with Gasteiger partial charge in [-0.05, 0) is 12.1 Å². The summed E-state index contributed by atoms with van der Waals surface area (Å²) < 4.78 is 5.69. The van der Waals surface area contributed by atoms with Gasteiger partial charge in [-0.3, -0.25) is 0 Å². The van der Waals surface area contributed by atoms with Gasteiger partial charge in [-0.25, -0.2) is 0 Å².